The molecule has 3 fully saturated rings. The first-order valence-electron chi connectivity index (χ1n) is 12.3. The fourth-order valence-electron chi connectivity index (χ4n) is 4.90. The van der Waals surface area contributed by atoms with E-state index < -0.39 is 0 Å². The van der Waals surface area contributed by atoms with Gasteiger partial charge in [-0.05, 0) is 57.1 Å². The molecule has 8 nitrogen and oxygen atoms in total. The summed E-state index contributed by atoms with van der Waals surface area (Å²) in [7, 11) is 0. The molecule has 1 unspecified atom stereocenters. The number of aromatic nitrogens is 2. The quantitative estimate of drug-likeness (QED) is 0.469. The molecule has 2 atom stereocenters. The molecule has 1 aliphatic carbocycles. The van der Waals surface area contributed by atoms with Crippen molar-refractivity contribution in [2.24, 2.45) is 5.92 Å². The fraction of sp³-hybridized carbons (Fsp3) is 0.708. The number of piperidine rings is 1. The highest BCUT2D eigenvalue weighted by molar-refractivity contribution is 5.90. The number of ether oxygens (including phenoxy) is 1. The monoisotopic (exact) mass is 443 g/mol. The van der Waals surface area contributed by atoms with E-state index >= 15 is 0 Å². The summed E-state index contributed by atoms with van der Waals surface area (Å²) in [6.45, 7) is 4.20. The summed E-state index contributed by atoms with van der Waals surface area (Å²) in [5.41, 5.74) is 3.03. The molecule has 2 aliphatic heterocycles. The van der Waals surface area contributed by atoms with Gasteiger partial charge in [0.15, 0.2) is 6.29 Å². The third-order valence-corrected chi connectivity index (χ3v) is 6.60. The first-order valence-corrected chi connectivity index (χ1v) is 12.3. The number of nitrogens with one attached hydrogen (secondary N) is 2. The van der Waals surface area contributed by atoms with Crippen molar-refractivity contribution in [1.29, 1.82) is 0 Å². The summed E-state index contributed by atoms with van der Waals surface area (Å²) in [6, 6.07) is 0.410. The molecule has 8 heteroatoms. The van der Waals surface area contributed by atoms with Gasteiger partial charge in [0.1, 0.15) is 5.82 Å². The van der Waals surface area contributed by atoms with E-state index in [4.69, 9.17) is 9.57 Å². The molecule has 0 radical (unpaired) electrons. The molecule has 1 aromatic heterocycles. The number of hydrogen-bond acceptors (Lipinski definition) is 7. The minimum atomic E-state index is -0.357. The van der Waals surface area contributed by atoms with Crippen LogP contribution in [0.2, 0.25) is 0 Å². The van der Waals surface area contributed by atoms with Crippen molar-refractivity contribution in [3.8, 4) is 0 Å². The summed E-state index contributed by atoms with van der Waals surface area (Å²) >= 11 is 0. The Hall–Kier alpha value is -2.03. The molecular formula is C24H37N5O3. The summed E-state index contributed by atoms with van der Waals surface area (Å²) in [6.07, 6.45) is 18.4. The molecule has 2 saturated heterocycles. The summed E-state index contributed by atoms with van der Waals surface area (Å²) in [5, 5.41) is 3.54. The van der Waals surface area contributed by atoms with Gasteiger partial charge >= 0.3 is 0 Å². The van der Waals surface area contributed by atoms with Crippen LogP contribution < -0.4 is 10.8 Å². The number of carbonyl (C=O) groups excluding carboxylic acids is 1. The third kappa shape index (κ3) is 7.53. The van der Waals surface area contributed by atoms with Crippen LogP contribution in [0.15, 0.2) is 18.5 Å². The number of rotatable bonds is 8. The van der Waals surface area contributed by atoms with Crippen molar-refractivity contribution in [3.05, 3.63) is 24.2 Å². The molecule has 0 bridgehead atoms. The zero-order valence-corrected chi connectivity index (χ0v) is 19.0. The van der Waals surface area contributed by atoms with Gasteiger partial charge in [-0.3, -0.25) is 9.78 Å². The van der Waals surface area contributed by atoms with Gasteiger partial charge in [-0.1, -0.05) is 19.3 Å². The number of anilines is 1. The summed E-state index contributed by atoms with van der Waals surface area (Å²) in [5.74, 6) is 1.32. The Kier molecular flexibility index (Phi) is 8.88. The van der Waals surface area contributed by atoms with Gasteiger partial charge in [0.05, 0.1) is 18.1 Å². The molecule has 176 valence electrons. The summed E-state index contributed by atoms with van der Waals surface area (Å²) < 4.78 is 5.42. The van der Waals surface area contributed by atoms with Crippen LogP contribution in [0.5, 0.6) is 0 Å². The molecule has 1 saturated carbocycles. The van der Waals surface area contributed by atoms with Crippen molar-refractivity contribution in [3.63, 3.8) is 0 Å². The van der Waals surface area contributed by atoms with Gasteiger partial charge in [0.25, 0.3) is 5.91 Å². The first kappa shape index (κ1) is 23.1. The van der Waals surface area contributed by atoms with Crippen LogP contribution in [0.25, 0.3) is 6.08 Å². The molecule has 0 spiro atoms. The van der Waals surface area contributed by atoms with Crippen LogP contribution in [0.3, 0.4) is 0 Å². The van der Waals surface area contributed by atoms with E-state index in [0.717, 1.165) is 44.0 Å². The second kappa shape index (κ2) is 12.3. The third-order valence-electron chi connectivity index (χ3n) is 6.60. The lowest BCUT2D eigenvalue weighted by Gasteiger charge is -2.36. The number of amides is 1. The van der Waals surface area contributed by atoms with E-state index in [1.165, 1.54) is 57.7 Å². The lowest BCUT2D eigenvalue weighted by molar-refractivity contribution is -0.198. The van der Waals surface area contributed by atoms with E-state index in [2.05, 4.69) is 25.7 Å². The minimum absolute atomic E-state index is 0.344. The average molecular weight is 444 g/mol. The zero-order valence-electron chi connectivity index (χ0n) is 19.0. The van der Waals surface area contributed by atoms with E-state index in [9.17, 15) is 4.79 Å². The Morgan fingerprint density at radius 2 is 1.97 bits per heavy atom. The van der Waals surface area contributed by atoms with Gasteiger partial charge < -0.3 is 15.0 Å². The molecule has 1 amide bonds. The zero-order chi connectivity index (χ0) is 22.0. The molecule has 0 aromatic carbocycles. The van der Waals surface area contributed by atoms with Crippen molar-refractivity contribution >= 4 is 17.8 Å². The maximum atomic E-state index is 11.9. The molecule has 1 aromatic rings. The van der Waals surface area contributed by atoms with Crippen molar-refractivity contribution in [1.82, 2.24) is 20.3 Å². The Morgan fingerprint density at radius 1 is 1.09 bits per heavy atom. The second-order valence-corrected chi connectivity index (χ2v) is 9.29. The summed E-state index contributed by atoms with van der Waals surface area (Å²) in [4.78, 5) is 28.7. The van der Waals surface area contributed by atoms with Crippen molar-refractivity contribution < 1.29 is 14.4 Å². The molecule has 3 heterocycles. The lowest BCUT2D eigenvalue weighted by atomic mass is 9.88. The van der Waals surface area contributed by atoms with Crippen molar-refractivity contribution in [2.45, 2.75) is 76.5 Å². The maximum absolute atomic E-state index is 11.9. The number of carbonyl (C=O) groups is 1. The highest BCUT2D eigenvalue weighted by Gasteiger charge is 2.23. The molecular weight excluding hydrogens is 406 g/mol. The molecule has 3 aliphatic rings. The second-order valence-electron chi connectivity index (χ2n) is 9.29. The highest BCUT2D eigenvalue weighted by Crippen LogP contribution is 2.26. The maximum Gasteiger partial charge on any atom is 0.267 e. The highest BCUT2D eigenvalue weighted by atomic mass is 16.8. The van der Waals surface area contributed by atoms with Gasteiger partial charge in [-0.15, -0.1) is 0 Å². The van der Waals surface area contributed by atoms with Crippen LogP contribution in [-0.4, -0.2) is 59.3 Å². The standard InChI is InChI=1S/C24H37N5O3/c30-23(28-32-24-10-4-5-14-31-24)12-11-20-15-26-22(16-25-20)27-21-9-6-13-29(18-21)17-19-7-2-1-3-8-19/h11-12,15-16,19,21,24H,1-10,13-14,17-18H2,(H,26,27)(H,28,30)/t21-,24?/m1/s1. The molecule has 32 heavy (non-hydrogen) atoms. The number of hydrogen-bond donors (Lipinski definition) is 2. The number of likely N-dealkylation sites (tertiary alicyclic amines) is 1. The lowest BCUT2D eigenvalue weighted by Crippen LogP contribution is -2.44. The molecule has 4 rings (SSSR count). The van der Waals surface area contributed by atoms with E-state index in [1.54, 1.807) is 18.5 Å². The Balaban J connectivity index is 1.19. The van der Waals surface area contributed by atoms with Crippen LogP contribution >= 0.6 is 0 Å². The predicted octanol–water partition coefficient (Wildman–Crippen LogP) is 3.52. The van der Waals surface area contributed by atoms with Gasteiger partial charge in [-0.2, -0.15) is 0 Å². The van der Waals surface area contributed by atoms with Gasteiger partial charge in [0, 0.05) is 38.2 Å². The van der Waals surface area contributed by atoms with Gasteiger partial charge in [0.2, 0.25) is 0 Å². The van der Waals surface area contributed by atoms with Crippen LogP contribution in [0.1, 0.15) is 69.9 Å². The molecule has 2 N–H and O–H groups in total. The predicted molar refractivity (Wildman–Crippen MR) is 124 cm³/mol. The normalized spacial score (nSPS) is 25.6. The van der Waals surface area contributed by atoms with Crippen molar-refractivity contribution in [2.75, 3.05) is 31.6 Å². The SMILES string of the molecule is O=C(C=Cc1cnc(N[C@@H]2CCCN(CC3CCCCC3)C2)cn1)NOC1CCCCO1. The first-order chi connectivity index (χ1) is 15.7. The Morgan fingerprint density at radius 3 is 2.75 bits per heavy atom. The minimum Gasteiger partial charge on any atom is -0.365 e. The average Bonchev–Trinajstić information content (AvgIpc) is 2.84. The smallest absolute Gasteiger partial charge is 0.267 e. The van der Waals surface area contributed by atoms with Gasteiger partial charge in [-0.25, -0.2) is 15.3 Å². The van der Waals surface area contributed by atoms with Crippen LogP contribution in [0.4, 0.5) is 5.82 Å². The van der Waals surface area contributed by atoms with Crippen LogP contribution in [0, 0.1) is 5.92 Å². The van der Waals surface area contributed by atoms with E-state index in [-0.39, 0.29) is 12.2 Å². The van der Waals surface area contributed by atoms with Crippen LogP contribution in [-0.2, 0) is 14.4 Å². The Labute approximate surface area is 191 Å². The fourth-order valence-corrected chi connectivity index (χ4v) is 4.90. The number of hydroxylamine groups is 1. The Bertz CT molecular complexity index is 730. The van der Waals surface area contributed by atoms with E-state index in [1.807, 2.05) is 0 Å². The number of nitrogens with zero attached hydrogens (tertiary/aromatic N) is 3. The topological polar surface area (TPSA) is 88.6 Å². The largest absolute Gasteiger partial charge is 0.365 e. The van der Waals surface area contributed by atoms with E-state index in [0.29, 0.717) is 18.3 Å².